The number of benzene rings is 1. The molecule has 1 fully saturated rings. The highest BCUT2D eigenvalue weighted by molar-refractivity contribution is 5.95. The van der Waals surface area contributed by atoms with Gasteiger partial charge in [0.25, 0.3) is 0 Å². The molecule has 0 unspecified atom stereocenters. The maximum atomic E-state index is 13.1. The van der Waals surface area contributed by atoms with Crippen LogP contribution in [0.1, 0.15) is 86.9 Å². The Morgan fingerprint density at radius 3 is 2.51 bits per heavy atom. The Morgan fingerprint density at radius 1 is 1.19 bits per heavy atom. The molecule has 196 valence electrons. The number of imidazole rings is 1. The lowest BCUT2D eigenvalue weighted by Crippen LogP contribution is -2.50. The number of carbonyl (C=O) groups excluding carboxylic acids is 2. The molecule has 2 aliphatic rings. The summed E-state index contributed by atoms with van der Waals surface area (Å²) in [6.45, 7) is 15.1. The summed E-state index contributed by atoms with van der Waals surface area (Å²) >= 11 is 0. The van der Waals surface area contributed by atoms with Crippen molar-refractivity contribution in [2.24, 2.45) is 5.41 Å². The van der Waals surface area contributed by atoms with E-state index in [2.05, 4.69) is 72.8 Å². The van der Waals surface area contributed by atoms with Gasteiger partial charge in [-0.15, -0.1) is 6.42 Å². The molecule has 4 rings (SSSR count). The van der Waals surface area contributed by atoms with Crippen molar-refractivity contribution in [3.8, 4) is 12.3 Å². The number of piperazine rings is 1. The number of amides is 1. The van der Waals surface area contributed by atoms with E-state index in [1.165, 1.54) is 22.9 Å². The molecule has 1 aliphatic carbocycles. The molecule has 0 radical (unpaired) electrons. The van der Waals surface area contributed by atoms with Crippen molar-refractivity contribution in [2.45, 2.75) is 65.7 Å². The number of rotatable bonds is 7. The third-order valence-electron chi connectivity index (χ3n) is 7.99. The number of ketones is 1. The van der Waals surface area contributed by atoms with Crippen LogP contribution in [-0.4, -0.2) is 64.2 Å². The lowest BCUT2D eigenvalue weighted by Gasteiger charge is -2.39. The molecule has 1 aromatic heterocycles. The van der Waals surface area contributed by atoms with Crippen LogP contribution < -0.4 is 0 Å². The number of hydrogen-bond acceptors (Lipinski definition) is 4. The summed E-state index contributed by atoms with van der Waals surface area (Å²) in [7, 11) is 0. The van der Waals surface area contributed by atoms with E-state index < -0.39 is 0 Å². The van der Waals surface area contributed by atoms with E-state index >= 15 is 0 Å². The van der Waals surface area contributed by atoms with Gasteiger partial charge in [0.15, 0.2) is 5.82 Å². The highest BCUT2D eigenvalue weighted by atomic mass is 16.2. The first-order chi connectivity index (χ1) is 17.5. The molecule has 1 aromatic carbocycles. The fourth-order valence-corrected chi connectivity index (χ4v) is 5.44. The van der Waals surface area contributed by atoms with E-state index in [1.807, 2.05) is 4.90 Å². The predicted octanol–water partition coefficient (Wildman–Crippen LogP) is 4.85. The topological polar surface area (TPSA) is 69.3 Å². The van der Waals surface area contributed by atoms with Gasteiger partial charge in [-0.2, -0.15) is 0 Å². The van der Waals surface area contributed by atoms with Crippen molar-refractivity contribution in [1.29, 1.82) is 0 Å². The SMILES string of the molecule is C#Cc1cnc(C(=O)Cc2ccc(C(C)(C)CN3CCN(C(C)=O)CC3)cc2C2=CCC(C)(C)CC2)[nH]1. The van der Waals surface area contributed by atoms with Crippen molar-refractivity contribution < 1.29 is 9.59 Å². The molecule has 0 saturated carbocycles. The largest absolute Gasteiger partial charge is 0.340 e. The molecule has 0 bridgehead atoms. The van der Waals surface area contributed by atoms with Gasteiger partial charge in [0.2, 0.25) is 11.7 Å². The lowest BCUT2D eigenvalue weighted by atomic mass is 9.75. The van der Waals surface area contributed by atoms with Crippen molar-refractivity contribution in [3.05, 3.63) is 58.7 Å². The number of carbonyl (C=O) groups is 2. The van der Waals surface area contributed by atoms with E-state index in [0.717, 1.165) is 57.5 Å². The number of nitrogens with one attached hydrogen (secondary N) is 1. The molecular formula is C31H40N4O2. The third-order valence-corrected chi connectivity index (χ3v) is 7.99. The Morgan fingerprint density at radius 2 is 1.92 bits per heavy atom. The average molecular weight is 501 g/mol. The van der Waals surface area contributed by atoms with Crippen LogP contribution in [0, 0.1) is 17.8 Å². The van der Waals surface area contributed by atoms with Crippen molar-refractivity contribution in [2.75, 3.05) is 32.7 Å². The Labute approximate surface area is 221 Å². The highest BCUT2D eigenvalue weighted by Crippen LogP contribution is 2.40. The zero-order chi connectivity index (χ0) is 26.8. The number of aromatic amines is 1. The maximum absolute atomic E-state index is 13.1. The number of nitrogens with zero attached hydrogens (tertiary/aromatic N) is 3. The third kappa shape index (κ3) is 6.40. The number of terminal acetylenes is 1. The van der Waals surface area contributed by atoms with E-state index in [0.29, 0.717) is 16.9 Å². The zero-order valence-electron chi connectivity index (χ0n) is 23.0. The summed E-state index contributed by atoms with van der Waals surface area (Å²) in [6, 6.07) is 6.62. The number of hydrogen-bond donors (Lipinski definition) is 1. The van der Waals surface area contributed by atoms with Gasteiger partial charge in [0.05, 0.1) is 6.20 Å². The standard InChI is InChI=1S/C31H40N4O2/c1-7-26-20-32-29(33-26)28(37)18-24-8-9-25(19-27(24)23-10-12-30(3,4)13-11-23)31(5,6)21-34-14-16-35(17-15-34)22(2)36/h1,8-10,19-20H,11-18,21H2,2-6H3,(H,32,33). The summed E-state index contributed by atoms with van der Waals surface area (Å²) in [4.78, 5) is 36.3. The van der Waals surface area contributed by atoms with E-state index in [9.17, 15) is 9.59 Å². The zero-order valence-corrected chi connectivity index (χ0v) is 23.0. The van der Waals surface area contributed by atoms with Gasteiger partial charge in [0, 0.05) is 51.5 Å². The minimum atomic E-state index is -0.0765. The normalized spacial score (nSPS) is 18.3. The first-order valence-electron chi connectivity index (χ1n) is 13.3. The van der Waals surface area contributed by atoms with E-state index in [-0.39, 0.29) is 23.5 Å². The molecule has 1 aliphatic heterocycles. The highest BCUT2D eigenvalue weighted by Gasteiger charge is 2.29. The maximum Gasteiger partial charge on any atom is 0.219 e. The Balaban J connectivity index is 1.59. The number of Topliss-reactive ketones (excluding diaryl/α,β-unsaturated/α-hetero) is 1. The second-order valence-corrected chi connectivity index (χ2v) is 12.0. The summed E-state index contributed by atoms with van der Waals surface area (Å²) < 4.78 is 0. The van der Waals surface area contributed by atoms with Crippen LogP contribution in [-0.2, 0) is 16.6 Å². The first-order valence-corrected chi connectivity index (χ1v) is 13.3. The fraction of sp³-hybridized carbons (Fsp3) is 0.516. The molecule has 37 heavy (non-hydrogen) atoms. The number of H-pyrrole nitrogens is 1. The summed E-state index contributed by atoms with van der Waals surface area (Å²) in [5, 5.41) is 0. The molecular weight excluding hydrogens is 460 g/mol. The Bertz CT molecular complexity index is 1240. The van der Waals surface area contributed by atoms with Crippen LogP contribution in [0.3, 0.4) is 0 Å². The lowest BCUT2D eigenvalue weighted by molar-refractivity contribution is -0.130. The van der Waals surface area contributed by atoms with Gasteiger partial charge in [-0.25, -0.2) is 4.98 Å². The minimum absolute atomic E-state index is 0.0603. The molecule has 0 spiro atoms. The predicted molar refractivity (Wildman–Crippen MR) is 148 cm³/mol. The number of allylic oxidation sites excluding steroid dienone is 2. The van der Waals surface area contributed by atoms with Crippen molar-refractivity contribution >= 4 is 17.3 Å². The Hall–Kier alpha value is -3.17. The van der Waals surface area contributed by atoms with Crippen LogP contribution in [0.25, 0.3) is 5.57 Å². The number of aromatic nitrogens is 2. The minimum Gasteiger partial charge on any atom is -0.340 e. The average Bonchev–Trinajstić information content (AvgIpc) is 3.34. The molecule has 0 atom stereocenters. The molecule has 2 heterocycles. The smallest absolute Gasteiger partial charge is 0.219 e. The van der Waals surface area contributed by atoms with E-state index in [4.69, 9.17) is 6.42 Å². The molecule has 1 N–H and O–H groups in total. The van der Waals surface area contributed by atoms with Crippen LogP contribution in [0.2, 0.25) is 0 Å². The van der Waals surface area contributed by atoms with Crippen LogP contribution in [0.15, 0.2) is 30.5 Å². The van der Waals surface area contributed by atoms with Gasteiger partial charge < -0.3 is 9.88 Å². The Kier molecular flexibility index (Phi) is 7.75. The van der Waals surface area contributed by atoms with Gasteiger partial charge in [-0.3, -0.25) is 14.5 Å². The monoisotopic (exact) mass is 500 g/mol. The second kappa shape index (κ2) is 10.7. The van der Waals surface area contributed by atoms with Crippen LogP contribution in [0.4, 0.5) is 0 Å². The second-order valence-electron chi connectivity index (χ2n) is 12.0. The first kappa shape index (κ1) is 26.9. The molecule has 6 nitrogen and oxygen atoms in total. The van der Waals surface area contributed by atoms with Gasteiger partial charge >= 0.3 is 0 Å². The molecule has 6 heteroatoms. The van der Waals surface area contributed by atoms with Gasteiger partial charge in [0.1, 0.15) is 5.69 Å². The summed E-state index contributed by atoms with van der Waals surface area (Å²) in [6.07, 6.45) is 12.8. The van der Waals surface area contributed by atoms with Gasteiger partial charge in [-0.1, -0.05) is 57.9 Å². The fourth-order valence-electron chi connectivity index (χ4n) is 5.44. The summed E-state index contributed by atoms with van der Waals surface area (Å²) in [5.74, 6) is 2.91. The molecule has 1 saturated heterocycles. The molecule has 1 amide bonds. The van der Waals surface area contributed by atoms with Crippen LogP contribution >= 0.6 is 0 Å². The van der Waals surface area contributed by atoms with E-state index in [1.54, 1.807) is 6.92 Å². The van der Waals surface area contributed by atoms with Crippen molar-refractivity contribution in [1.82, 2.24) is 19.8 Å². The van der Waals surface area contributed by atoms with Crippen molar-refractivity contribution in [3.63, 3.8) is 0 Å². The van der Waals surface area contributed by atoms with Gasteiger partial charge in [-0.05, 0) is 46.9 Å². The summed E-state index contributed by atoms with van der Waals surface area (Å²) in [5.41, 5.74) is 5.56. The van der Waals surface area contributed by atoms with Crippen LogP contribution in [0.5, 0.6) is 0 Å². The molecule has 2 aromatic rings. The quantitative estimate of drug-likeness (QED) is 0.436.